The molecule has 0 amide bonds. The molecule has 2 heterocycles. The minimum atomic E-state index is 0.411. The van der Waals surface area contributed by atoms with Crippen molar-refractivity contribution >= 4 is 0 Å². The molecule has 1 atom stereocenters. The zero-order valence-electron chi connectivity index (χ0n) is 8.35. The number of hydrogen-bond donors (Lipinski definition) is 0. The number of aromatic nitrogens is 3. The van der Waals surface area contributed by atoms with Gasteiger partial charge in [0.25, 0.3) is 0 Å². The molecule has 0 bridgehead atoms. The van der Waals surface area contributed by atoms with E-state index in [0.29, 0.717) is 12.5 Å². The lowest BCUT2D eigenvalue weighted by molar-refractivity contribution is 0.182. The van der Waals surface area contributed by atoms with E-state index >= 15 is 0 Å². The average molecular weight is 197 g/mol. The van der Waals surface area contributed by atoms with Crippen molar-refractivity contribution < 1.29 is 9.47 Å². The lowest BCUT2D eigenvalue weighted by Crippen LogP contribution is -2.11. The number of nitrogens with zero attached hydrogens (tertiary/aromatic N) is 3. The van der Waals surface area contributed by atoms with Crippen LogP contribution in [0.1, 0.15) is 18.2 Å². The van der Waals surface area contributed by atoms with Crippen molar-refractivity contribution in [3.8, 4) is 0 Å². The van der Waals surface area contributed by atoms with Gasteiger partial charge >= 0.3 is 0 Å². The monoisotopic (exact) mass is 197 g/mol. The molecule has 1 aliphatic heterocycles. The first-order chi connectivity index (χ1) is 6.92. The first-order valence-corrected chi connectivity index (χ1v) is 4.86. The molecule has 5 nitrogen and oxygen atoms in total. The number of rotatable bonds is 4. The van der Waals surface area contributed by atoms with Gasteiger partial charge in [-0.1, -0.05) is 0 Å². The maximum Gasteiger partial charge on any atom is 0.138 e. The van der Waals surface area contributed by atoms with Gasteiger partial charge in [0.15, 0.2) is 0 Å². The SMILES string of the molecule is COCCn1cnnc1C1CCOC1. The average Bonchev–Trinajstić information content (AvgIpc) is 2.84. The Bertz CT molecular complexity index is 281. The van der Waals surface area contributed by atoms with Crippen molar-refractivity contribution in [2.75, 3.05) is 26.9 Å². The zero-order chi connectivity index (χ0) is 9.80. The summed E-state index contributed by atoms with van der Waals surface area (Å²) in [6.45, 7) is 3.11. The van der Waals surface area contributed by atoms with E-state index in [0.717, 1.165) is 32.0 Å². The zero-order valence-corrected chi connectivity index (χ0v) is 8.35. The van der Waals surface area contributed by atoms with Crippen LogP contribution < -0.4 is 0 Å². The first-order valence-electron chi connectivity index (χ1n) is 4.86. The third-order valence-electron chi connectivity index (χ3n) is 2.48. The molecule has 0 aromatic carbocycles. The predicted molar refractivity (Wildman–Crippen MR) is 50.1 cm³/mol. The van der Waals surface area contributed by atoms with Crippen LogP contribution in [0.15, 0.2) is 6.33 Å². The summed E-state index contributed by atoms with van der Waals surface area (Å²) in [6.07, 6.45) is 2.80. The Labute approximate surface area is 83.0 Å². The molecule has 5 heteroatoms. The third kappa shape index (κ3) is 1.93. The molecular formula is C9H15N3O2. The topological polar surface area (TPSA) is 49.2 Å². The van der Waals surface area contributed by atoms with Crippen LogP contribution in [0.25, 0.3) is 0 Å². The summed E-state index contributed by atoms with van der Waals surface area (Å²) < 4.78 is 12.4. The van der Waals surface area contributed by atoms with Crippen molar-refractivity contribution in [1.29, 1.82) is 0 Å². The molecule has 1 aromatic heterocycles. The minimum absolute atomic E-state index is 0.411. The summed E-state index contributed by atoms with van der Waals surface area (Å²) in [5.74, 6) is 1.44. The Balaban J connectivity index is 2.04. The molecule has 0 spiro atoms. The van der Waals surface area contributed by atoms with E-state index in [1.165, 1.54) is 0 Å². The highest BCUT2D eigenvalue weighted by Crippen LogP contribution is 2.22. The van der Waals surface area contributed by atoms with Gasteiger partial charge in [-0.2, -0.15) is 0 Å². The lowest BCUT2D eigenvalue weighted by Gasteiger charge is -2.09. The van der Waals surface area contributed by atoms with Gasteiger partial charge in [0, 0.05) is 26.2 Å². The summed E-state index contributed by atoms with van der Waals surface area (Å²) in [6, 6.07) is 0. The van der Waals surface area contributed by atoms with E-state index in [1.54, 1.807) is 13.4 Å². The normalized spacial score (nSPS) is 21.6. The molecule has 1 aromatic rings. The summed E-state index contributed by atoms with van der Waals surface area (Å²) in [7, 11) is 1.70. The molecule has 14 heavy (non-hydrogen) atoms. The van der Waals surface area contributed by atoms with Crippen LogP contribution in [0.3, 0.4) is 0 Å². The van der Waals surface area contributed by atoms with Gasteiger partial charge in [-0.25, -0.2) is 0 Å². The molecular weight excluding hydrogens is 182 g/mol. The van der Waals surface area contributed by atoms with E-state index in [-0.39, 0.29) is 0 Å². The fourth-order valence-electron chi connectivity index (χ4n) is 1.68. The predicted octanol–water partition coefficient (Wildman–Crippen LogP) is 0.428. The van der Waals surface area contributed by atoms with Gasteiger partial charge in [0.1, 0.15) is 12.2 Å². The molecule has 1 aliphatic rings. The van der Waals surface area contributed by atoms with Gasteiger partial charge in [0.05, 0.1) is 13.2 Å². The van der Waals surface area contributed by atoms with Crippen LogP contribution in [-0.4, -0.2) is 41.7 Å². The Hall–Kier alpha value is -0.940. The van der Waals surface area contributed by atoms with Crippen molar-refractivity contribution in [2.24, 2.45) is 0 Å². The van der Waals surface area contributed by atoms with E-state index in [9.17, 15) is 0 Å². The lowest BCUT2D eigenvalue weighted by atomic mass is 10.1. The summed E-state index contributed by atoms with van der Waals surface area (Å²) in [5, 5.41) is 8.05. The highest BCUT2D eigenvalue weighted by atomic mass is 16.5. The van der Waals surface area contributed by atoms with E-state index in [2.05, 4.69) is 10.2 Å². The van der Waals surface area contributed by atoms with E-state index < -0.39 is 0 Å². The number of ether oxygens (including phenoxy) is 2. The maximum atomic E-state index is 5.33. The largest absolute Gasteiger partial charge is 0.383 e. The van der Waals surface area contributed by atoms with Gasteiger partial charge in [-0.3, -0.25) is 0 Å². The van der Waals surface area contributed by atoms with Crippen LogP contribution in [0.5, 0.6) is 0 Å². The smallest absolute Gasteiger partial charge is 0.138 e. The van der Waals surface area contributed by atoms with Gasteiger partial charge < -0.3 is 14.0 Å². The van der Waals surface area contributed by atoms with Crippen molar-refractivity contribution in [3.05, 3.63) is 12.2 Å². The van der Waals surface area contributed by atoms with Crippen LogP contribution >= 0.6 is 0 Å². The van der Waals surface area contributed by atoms with Crippen molar-refractivity contribution in [1.82, 2.24) is 14.8 Å². The molecule has 1 saturated heterocycles. The summed E-state index contributed by atoms with van der Waals surface area (Å²) in [4.78, 5) is 0. The minimum Gasteiger partial charge on any atom is -0.383 e. The summed E-state index contributed by atoms with van der Waals surface area (Å²) in [5.41, 5.74) is 0. The maximum absolute atomic E-state index is 5.33. The number of methoxy groups -OCH3 is 1. The van der Waals surface area contributed by atoms with E-state index in [1.807, 2.05) is 4.57 Å². The molecule has 0 aliphatic carbocycles. The second-order valence-corrected chi connectivity index (χ2v) is 3.44. The van der Waals surface area contributed by atoms with Crippen LogP contribution in [0, 0.1) is 0 Å². The Kier molecular flexibility index (Phi) is 3.10. The highest BCUT2D eigenvalue weighted by Gasteiger charge is 2.22. The molecule has 78 valence electrons. The van der Waals surface area contributed by atoms with Crippen LogP contribution in [0.2, 0.25) is 0 Å². The highest BCUT2D eigenvalue weighted by molar-refractivity contribution is 4.98. The molecule has 0 radical (unpaired) electrons. The standard InChI is InChI=1S/C9H15N3O2/c1-13-5-3-12-7-10-11-9(12)8-2-4-14-6-8/h7-8H,2-6H2,1H3. The fourth-order valence-corrected chi connectivity index (χ4v) is 1.68. The second-order valence-electron chi connectivity index (χ2n) is 3.44. The van der Waals surface area contributed by atoms with Gasteiger partial charge in [-0.05, 0) is 6.42 Å². The number of hydrogen-bond acceptors (Lipinski definition) is 4. The Morgan fingerprint density at radius 2 is 2.64 bits per heavy atom. The Morgan fingerprint density at radius 3 is 3.36 bits per heavy atom. The molecule has 1 fully saturated rings. The Morgan fingerprint density at radius 1 is 1.71 bits per heavy atom. The first kappa shape index (κ1) is 9.61. The van der Waals surface area contributed by atoms with Crippen LogP contribution in [-0.2, 0) is 16.0 Å². The summed E-state index contributed by atoms with van der Waals surface area (Å²) >= 11 is 0. The third-order valence-corrected chi connectivity index (χ3v) is 2.48. The van der Waals surface area contributed by atoms with Crippen LogP contribution in [0.4, 0.5) is 0 Å². The van der Waals surface area contributed by atoms with Crippen molar-refractivity contribution in [3.63, 3.8) is 0 Å². The van der Waals surface area contributed by atoms with E-state index in [4.69, 9.17) is 9.47 Å². The molecule has 1 unspecified atom stereocenters. The second kappa shape index (κ2) is 4.52. The molecule has 2 rings (SSSR count). The van der Waals surface area contributed by atoms with Crippen molar-refractivity contribution in [2.45, 2.75) is 18.9 Å². The quantitative estimate of drug-likeness (QED) is 0.702. The fraction of sp³-hybridized carbons (Fsp3) is 0.778. The molecule has 0 N–H and O–H groups in total. The van der Waals surface area contributed by atoms with Gasteiger partial charge in [-0.15, -0.1) is 10.2 Å². The molecule has 0 saturated carbocycles. The van der Waals surface area contributed by atoms with Gasteiger partial charge in [0.2, 0.25) is 0 Å².